The van der Waals surface area contributed by atoms with Crippen LogP contribution in [0.25, 0.3) is 11.4 Å². The van der Waals surface area contributed by atoms with E-state index in [1.807, 2.05) is 11.8 Å². The molecule has 12 heteroatoms. The number of piperazine rings is 1. The normalized spacial score (nSPS) is 14.4. The molecule has 2 aromatic heterocycles. The number of anilines is 1. The number of hydrogen-bond acceptors (Lipinski definition) is 8. The van der Waals surface area contributed by atoms with E-state index in [2.05, 4.69) is 15.5 Å². The molecule has 10 nitrogen and oxygen atoms in total. The predicted molar refractivity (Wildman–Crippen MR) is 121 cm³/mol. The molecule has 0 bridgehead atoms. The number of rotatable bonds is 7. The van der Waals surface area contributed by atoms with Crippen molar-refractivity contribution in [1.29, 1.82) is 0 Å². The van der Waals surface area contributed by atoms with Crippen molar-refractivity contribution in [2.75, 3.05) is 49.6 Å². The number of thioether (sulfide) groups is 1. The third kappa shape index (κ3) is 5.52. The summed E-state index contributed by atoms with van der Waals surface area (Å²) >= 11 is 1.22. The van der Waals surface area contributed by atoms with Crippen molar-refractivity contribution in [2.24, 2.45) is 0 Å². The zero-order valence-corrected chi connectivity index (χ0v) is 18.8. The van der Waals surface area contributed by atoms with Crippen LogP contribution in [0.1, 0.15) is 5.76 Å². The Bertz CT molecular complexity index is 1140. The third-order valence-electron chi connectivity index (χ3n) is 5.29. The van der Waals surface area contributed by atoms with Crippen molar-refractivity contribution in [3.8, 4) is 11.4 Å². The van der Waals surface area contributed by atoms with E-state index >= 15 is 0 Å². The van der Waals surface area contributed by atoms with Crippen LogP contribution in [-0.4, -0.2) is 75.0 Å². The fourth-order valence-corrected chi connectivity index (χ4v) is 4.28. The van der Waals surface area contributed by atoms with E-state index in [0.717, 1.165) is 5.56 Å². The first-order chi connectivity index (χ1) is 15.9. The van der Waals surface area contributed by atoms with Crippen LogP contribution < -0.4 is 11.2 Å². The average molecular weight is 474 g/mol. The van der Waals surface area contributed by atoms with E-state index in [1.54, 1.807) is 29.4 Å². The summed E-state index contributed by atoms with van der Waals surface area (Å²) in [5.74, 6) is 6.77. The first kappa shape index (κ1) is 22.8. The predicted octanol–water partition coefficient (Wildman–Crippen LogP) is 1.57. The molecule has 3 heterocycles. The van der Waals surface area contributed by atoms with E-state index in [0.29, 0.717) is 48.6 Å². The van der Waals surface area contributed by atoms with Crippen LogP contribution in [0.15, 0.2) is 46.2 Å². The van der Waals surface area contributed by atoms with Gasteiger partial charge in [-0.1, -0.05) is 17.8 Å². The fourth-order valence-electron chi connectivity index (χ4n) is 3.52. The van der Waals surface area contributed by atoms with Crippen molar-refractivity contribution in [1.82, 2.24) is 24.7 Å². The van der Waals surface area contributed by atoms with Crippen LogP contribution in [0.3, 0.4) is 0 Å². The summed E-state index contributed by atoms with van der Waals surface area (Å²) in [5, 5.41) is 11.3. The minimum atomic E-state index is -0.404. The molecule has 1 aromatic carbocycles. The highest BCUT2D eigenvalue weighted by atomic mass is 32.2. The summed E-state index contributed by atoms with van der Waals surface area (Å²) in [6, 6.07) is 7.53. The molecular weight excluding hydrogens is 449 g/mol. The molecule has 0 spiro atoms. The smallest absolute Gasteiger partial charge is 0.238 e. The summed E-state index contributed by atoms with van der Waals surface area (Å²) in [7, 11) is 0. The number of halogens is 1. The number of nitrogen functional groups attached to an aromatic ring is 1. The summed E-state index contributed by atoms with van der Waals surface area (Å²) in [6.45, 7) is 4.17. The van der Waals surface area contributed by atoms with Gasteiger partial charge in [0.25, 0.3) is 0 Å². The van der Waals surface area contributed by atoms with E-state index in [1.165, 1.54) is 28.6 Å². The Hall–Kier alpha value is -3.38. The number of nitrogens with one attached hydrogen (secondary N) is 1. The molecule has 1 aliphatic rings. The van der Waals surface area contributed by atoms with Crippen LogP contribution in [0.2, 0.25) is 0 Å². The molecule has 3 N–H and O–H groups in total. The van der Waals surface area contributed by atoms with Gasteiger partial charge in [0.1, 0.15) is 11.6 Å². The number of carbonyl (C=O) groups is 2. The summed E-state index contributed by atoms with van der Waals surface area (Å²) in [4.78, 5) is 28.6. The molecule has 4 rings (SSSR count). The van der Waals surface area contributed by atoms with Gasteiger partial charge in [-0.05, 0) is 31.2 Å². The lowest BCUT2D eigenvalue weighted by Crippen LogP contribution is -2.50. The molecule has 1 aliphatic heterocycles. The quantitative estimate of drug-likeness (QED) is 0.392. The average Bonchev–Trinajstić information content (AvgIpc) is 3.37. The first-order valence-corrected chi connectivity index (χ1v) is 11.3. The summed E-state index contributed by atoms with van der Waals surface area (Å²) in [6.07, 6.45) is 1.56. The monoisotopic (exact) mass is 473 g/mol. The largest absolute Gasteiger partial charge is 0.469 e. The van der Waals surface area contributed by atoms with Crippen LogP contribution in [0.4, 0.5) is 10.1 Å². The highest BCUT2D eigenvalue weighted by Crippen LogP contribution is 2.25. The van der Waals surface area contributed by atoms with Crippen molar-refractivity contribution in [3.05, 3.63) is 48.2 Å². The lowest BCUT2D eigenvalue weighted by atomic mass is 10.2. The number of benzene rings is 1. The Balaban J connectivity index is 1.22. The number of amides is 2. The van der Waals surface area contributed by atoms with E-state index in [-0.39, 0.29) is 24.1 Å². The molecule has 0 atom stereocenters. The Morgan fingerprint density at radius 3 is 2.70 bits per heavy atom. The Morgan fingerprint density at radius 1 is 1.21 bits per heavy atom. The van der Waals surface area contributed by atoms with E-state index < -0.39 is 5.82 Å². The minimum Gasteiger partial charge on any atom is -0.469 e. The second kappa shape index (κ2) is 10.0. The van der Waals surface area contributed by atoms with Crippen LogP contribution >= 0.6 is 11.8 Å². The van der Waals surface area contributed by atoms with Crippen molar-refractivity contribution < 1.29 is 18.4 Å². The molecule has 3 aromatic rings. The standard InChI is InChI=1S/C21H24FN7O3S/c1-14-17(5-10-32-14)20-25-26-21(29(20)23)33-13-19(31)28-8-6-27(7-9-28)12-18(30)24-16-4-2-3-15(22)11-16/h2-5,10-11H,6-9,12-13,23H2,1H3,(H,24,30). The summed E-state index contributed by atoms with van der Waals surface area (Å²) in [5.41, 5.74) is 1.17. The van der Waals surface area contributed by atoms with Gasteiger partial charge in [-0.15, -0.1) is 10.2 Å². The molecule has 33 heavy (non-hydrogen) atoms. The van der Waals surface area contributed by atoms with E-state index in [9.17, 15) is 14.0 Å². The second-order valence-electron chi connectivity index (χ2n) is 7.57. The Kier molecular flexibility index (Phi) is 6.94. The molecule has 1 fully saturated rings. The second-order valence-corrected chi connectivity index (χ2v) is 8.51. The van der Waals surface area contributed by atoms with Gasteiger partial charge in [-0.3, -0.25) is 14.5 Å². The van der Waals surface area contributed by atoms with Crippen molar-refractivity contribution in [2.45, 2.75) is 12.1 Å². The number of aromatic nitrogens is 3. The third-order valence-corrected chi connectivity index (χ3v) is 6.22. The van der Waals surface area contributed by atoms with E-state index in [4.69, 9.17) is 10.3 Å². The van der Waals surface area contributed by atoms with Gasteiger partial charge in [0.2, 0.25) is 17.0 Å². The van der Waals surface area contributed by atoms with Gasteiger partial charge in [0.15, 0.2) is 5.82 Å². The number of nitrogens with two attached hydrogens (primary N) is 1. The number of aryl methyl sites for hydroxylation is 1. The lowest BCUT2D eigenvalue weighted by Gasteiger charge is -2.34. The maximum atomic E-state index is 13.2. The first-order valence-electron chi connectivity index (χ1n) is 10.3. The van der Waals surface area contributed by atoms with Crippen molar-refractivity contribution in [3.63, 3.8) is 0 Å². The van der Waals surface area contributed by atoms with Crippen molar-refractivity contribution >= 4 is 29.3 Å². The fraction of sp³-hybridized carbons (Fsp3) is 0.333. The molecule has 174 valence electrons. The van der Waals surface area contributed by atoms with Gasteiger partial charge in [-0.25, -0.2) is 9.07 Å². The molecule has 1 saturated heterocycles. The number of nitrogens with zero attached hydrogens (tertiary/aromatic N) is 5. The maximum Gasteiger partial charge on any atom is 0.238 e. The van der Waals surface area contributed by atoms with Crippen LogP contribution in [0.5, 0.6) is 0 Å². The maximum absolute atomic E-state index is 13.2. The van der Waals surface area contributed by atoms with Gasteiger partial charge < -0.3 is 20.5 Å². The zero-order valence-electron chi connectivity index (χ0n) is 18.0. The Labute approximate surface area is 193 Å². The molecule has 0 aliphatic carbocycles. The number of hydrogen-bond donors (Lipinski definition) is 2. The lowest BCUT2D eigenvalue weighted by molar-refractivity contribution is -0.130. The zero-order chi connectivity index (χ0) is 23.4. The SMILES string of the molecule is Cc1occc1-c1nnc(SCC(=O)N2CCN(CC(=O)Nc3cccc(F)c3)CC2)n1N. The minimum absolute atomic E-state index is 0.0343. The summed E-state index contributed by atoms with van der Waals surface area (Å²) < 4.78 is 19.9. The number of carbonyl (C=O) groups excluding carboxylic acids is 2. The highest BCUT2D eigenvalue weighted by Gasteiger charge is 2.24. The van der Waals surface area contributed by atoms with Gasteiger partial charge in [-0.2, -0.15) is 0 Å². The van der Waals surface area contributed by atoms with Crippen LogP contribution in [0, 0.1) is 12.7 Å². The topological polar surface area (TPSA) is 123 Å². The molecule has 0 radical (unpaired) electrons. The van der Waals surface area contributed by atoms with Gasteiger partial charge in [0.05, 0.1) is 24.1 Å². The molecule has 0 unspecified atom stereocenters. The molecular formula is C21H24FN7O3S. The molecule has 2 amide bonds. The van der Waals surface area contributed by atoms with Crippen LogP contribution in [-0.2, 0) is 9.59 Å². The molecule has 0 saturated carbocycles. The van der Waals surface area contributed by atoms with Gasteiger partial charge >= 0.3 is 0 Å². The van der Waals surface area contributed by atoms with Gasteiger partial charge in [0, 0.05) is 31.9 Å². The number of furan rings is 1. The Morgan fingerprint density at radius 2 is 2.00 bits per heavy atom. The highest BCUT2D eigenvalue weighted by molar-refractivity contribution is 7.99.